The fourth-order valence-corrected chi connectivity index (χ4v) is 1.76. The van der Waals surface area contributed by atoms with Crippen molar-refractivity contribution in [2.45, 2.75) is 13.3 Å². The first-order valence-corrected chi connectivity index (χ1v) is 6.65. The Kier molecular flexibility index (Phi) is 5.56. The minimum absolute atomic E-state index is 0.0301. The first-order valence-electron chi connectivity index (χ1n) is 5.26. The maximum absolute atomic E-state index is 11.6. The van der Waals surface area contributed by atoms with Crippen molar-refractivity contribution in [1.82, 2.24) is 0 Å². The summed E-state index contributed by atoms with van der Waals surface area (Å²) in [7, 11) is 0. The molecule has 92 valence electrons. The maximum atomic E-state index is 11.6. The van der Waals surface area contributed by atoms with Gasteiger partial charge in [-0.2, -0.15) is 11.8 Å². The summed E-state index contributed by atoms with van der Waals surface area (Å²) >= 11 is 1.63. The van der Waals surface area contributed by atoms with Gasteiger partial charge < -0.3 is 10.5 Å². The summed E-state index contributed by atoms with van der Waals surface area (Å²) < 4.78 is 0. The molecule has 1 aromatic rings. The Morgan fingerprint density at radius 3 is 2.82 bits per heavy atom. The van der Waals surface area contributed by atoms with Crippen LogP contribution in [0.15, 0.2) is 29.4 Å². The van der Waals surface area contributed by atoms with Gasteiger partial charge in [0.05, 0.1) is 5.71 Å². The summed E-state index contributed by atoms with van der Waals surface area (Å²) in [6.45, 7) is 1.69. The van der Waals surface area contributed by atoms with Crippen molar-refractivity contribution < 1.29 is 10.0 Å². The fourth-order valence-electron chi connectivity index (χ4n) is 1.37. The van der Waals surface area contributed by atoms with Gasteiger partial charge in [0.2, 0.25) is 5.91 Å². The van der Waals surface area contributed by atoms with Crippen LogP contribution in [0.3, 0.4) is 0 Å². The zero-order valence-corrected chi connectivity index (χ0v) is 10.8. The number of rotatable bonds is 5. The highest BCUT2D eigenvalue weighted by molar-refractivity contribution is 7.98. The number of hydrogen-bond donors (Lipinski definition) is 2. The minimum Gasteiger partial charge on any atom is -0.411 e. The van der Waals surface area contributed by atoms with E-state index in [1.165, 1.54) is 0 Å². The van der Waals surface area contributed by atoms with E-state index in [-0.39, 0.29) is 5.91 Å². The van der Waals surface area contributed by atoms with E-state index in [1.54, 1.807) is 30.8 Å². The van der Waals surface area contributed by atoms with Gasteiger partial charge in [-0.05, 0) is 19.2 Å². The quantitative estimate of drug-likeness (QED) is 0.481. The average Bonchev–Trinajstić information content (AvgIpc) is 2.36. The molecule has 1 rings (SSSR count). The molecule has 0 saturated carbocycles. The van der Waals surface area contributed by atoms with Crippen LogP contribution >= 0.6 is 11.8 Å². The molecular formula is C12H16N2O2S. The number of carbonyl (C=O) groups is 1. The number of nitrogens with one attached hydrogen (secondary N) is 1. The van der Waals surface area contributed by atoms with Crippen LogP contribution < -0.4 is 5.32 Å². The molecule has 0 fully saturated rings. The van der Waals surface area contributed by atoms with E-state index in [4.69, 9.17) is 5.21 Å². The lowest BCUT2D eigenvalue weighted by atomic mass is 10.1. The van der Waals surface area contributed by atoms with Crippen LogP contribution in [0, 0.1) is 0 Å². The largest absolute Gasteiger partial charge is 0.411 e. The van der Waals surface area contributed by atoms with Gasteiger partial charge in [0.25, 0.3) is 0 Å². The van der Waals surface area contributed by atoms with Gasteiger partial charge in [-0.3, -0.25) is 4.79 Å². The van der Waals surface area contributed by atoms with Crippen LogP contribution in [0.25, 0.3) is 0 Å². The second-order valence-electron chi connectivity index (χ2n) is 3.52. The zero-order valence-electron chi connectivity index (χ0n) is 9.93. The van der Waals surface area contributed by atoms with Gasteiger partial charge in [-0.25, -0.2) is 0 Å². The van der Waals surface area contributed by atoms with E-state index >= 15 is 0 Å². The predicted octanol–water partition coefficient (Wildman–Crippen LogP) is 2.58. The van der Waals surface area contributed by atoms with Crippen LogP contribution in [-0.2, 0) is 4.79 Å². The van der Waals surface area contributed by atoms with Gasteiger partial charge in [0.15, 0.2) is 0 Å². The second-order valence-corrected chi connectivity index (χ2v) is 4.51. The highest BCUT2D eigenvalue weighted by atomic mass is 32.2. The van der Waals surface area contributed by atoms with Gasteiger partial charge in [0, 0.05) is 23.4 Å². The Bertz CT molecular complexity index is 419. The number of amides is 1. The summed E-state index contributed by atoms with van der Waals surface area (Å²) in [4.78, 5) is 11.6. The Morgan fingerprint density at radius 1 is 1.47 bits per heavy atom. The van der Waals surface area contributed by atoms with E-state index in [0.29, 0.717) is 17.8 Å². The number of benzene rings is 1. The third-order valence-corrected chi connectivity index (χ3v) is 2.89. The average molecular weight is 252 g/mol. The molecule has 0 bridgehead atoms. The second kappa shape index (κ2) is 6.96. The molecule has 1 amide bonds. The van der Waals surface area contributed by atoms with E-state index < -0.39 is 0 Å². The number of oxime groups is 1. The molecule has 0 aliphatic heterocycles. The smallest absolute Gasteiger partial charge is 0.225 e. The first-order chi connectivity index (χ1) is 8.19. The number of carbonyl (C=O) groups excluding carboxylic acids is 1. The SMILES string of the molecule is CSCCC(=O)Nc1ccccc1C(C)=NO. The molecule has 0 aromatic heterocycles. The number of thioether (sulfide) groups is 1. The number of nitrogens with zero attached hydrogens (tertiary/aromatic N) is 1. The molecule has 5 heteroatoms. The van der Waals surface area contributed by atoms with Gasteiger partial charge >= 0.3 is 0 Å². The maximum Gasteiger partial charge on any atom is 0.225 e. The molecule has 0 heterocycles. The van der Waals surface area contributed by atoms with Crippen molar-refractivity contribution in [1.29, 1.82) is 0 Å². The van der Waals surface area contributed by atoms with Gasteiger partial charge in [-0.15, -0.1) is 0 Å². The lowest BCUT2D eigenvalue weighted by Gasteiger charge is -2.09. The van der Waals surface area contributed by atoms with Gasteiger partial charge in [-0.1, -0.05) is 23.4 Å². The molecular weight excluding hydrogens is 236 g/mol. The topological polar surface area (TPSA) is 61.7 Å². The summed E-state index contributed by atoms with van der Waals surface area (Å²) in [5.41, 5.74) is 1.88. The summed E-state index contributed by atoms with van der Waals surface area (Å²) in [5.74, 6) is 0.763. The van der Waals surface area contributed by atoms with Crippen molar-refractivity contribution in [2.75, 3.05) is 17.3 Å². The molecule has 0 radical (unpaired) electrons. The molecule has 0 aliphatic carbocycles. The standard InChI is InChI=1S/C12H16N2O2S/c1-9(14-16)10-5-3-4-6-11(10)13-12(15)7-8-17-2/h3-6,16H,7-8H2,1-2H3,(H,13,15). The van der Waals surface area contributed by atoms with Crippen LogP contribution in [0.5, 0.6) is 0 Å². The lowest BCUT2D eigenvalue weighted by molar-refractivity contribution is -0.115. The Balaban J connectivity index is 2.80. The van der Waals surface area contributed by atoms with E-state index in [0.717, 1.165) is 11.3 Å². The summed E-state index contributed by atoms with van der Waals surface area (Å²) in [6, 6.07) is 7.26. The normalized spacial score (nSPS) is 11.3. The van der Waals surface area contributed by atoms with Crippen molar-refractivity contribution in [3.05, 3.63) is 29.8 Å². The van der Waals surface area contributed by atoms with Gasteiger partial charge in [0.1, 0.15) is 0 Å². The number of anilines is 1. The Morgan fingerprint density at radius 2 is 2.18 bits per heavy atom. The van der Waals surface area contributed by atoms with E-state index in [9.17, 15) is 4.79 Å². The number of hydrogen-bond acceptors (Lipinski definition) is 4. The van der Waals surface area contributed by atoms with Crippen molar-refractivity contribution >= 4 is 29.1 Å². The third-order valence-electron chi connectivity index (χ3n) is 2.27. The van der Waals surface area contributed by atoms with Crippen LogP contribution in [0.4, 0.5) is 5.69 Å². The molecule has 0 unspecified atom stereocenters. The zero-order chi connectivity index (χ0) is 12.7. The lowest BCUT2D eigenvalue weighted by Crippen LogP contribution is -2.14. The minimum atomic E-state index is -0.0301. The monoisotopic (exact) mass is 252 g/mol. The highest BCUT2D eigenvalue weighted by Gasteiger charge is 2.08. The van der Waals surface area contributed by atoms with Crippen LogP contribution in [0.2, 0.25) is 0 Å². The molecule has 4 nitrogen and oxygen atoms in total. The molecule has 0 spiro atoms. The third kappa shape index (κ3) is 4.11. The van der Waals surface area contributed by atoms with Crippen molar-refractivity contribution in [3.8, 4) is 0 Å². The van der Waals surface area contributed by atoms with E-state index in [2.05, 4.69) is 10.5 Å². The molecule has 0 saturated heterocycles. The Labute approximate surface area is 105 Å². The summed E-state index contributed by atoms with van der Waals surface area (Å²) in [5, 5.41) is 14.7. The molecule has 0 aliphatic rings. The van der Waals surface area contributed by atoms with Crippen LogP contribution in [0.1, 0.15) is 18.9 Å². The number of para-hydroxylation sites is 1. The molecule has 17 heavy (non-hydrogen) atoms. The fraction of sp³-hybridized carbons (Fsp3) is 0.333. The summed E-state index contributed by atoms with van der Waals surface area (Å²) in [6.07, 6.45) is 2.44. The van der Waals surface area contributed by atoms with E-state index in [1.807, 2.05) is 18.4 Å². The Hall–Kier alpha value is -1.49. The molecule has 1 aromatic carbocycles. The molecule has 0 atom stereocenters. The van der Waals surface area contributed by atoms with Crippen molar-refractivity contribution in [2.24, 2.45) is 5.16 Å². The van der Waals surface area contributed by atoms with Crippen molar-refractivity contribution in [3.63, 3.8) is 0 Å². The molecule has 2 N–H and O–H groups in total. The first kappa shape index (κ1) is 13.6. The van der Waals surface area contributed by atoms with Crippen LogP contribution in [-0.4, -0.2) is 28.8 Å². The predicted molar refractivity (Wildman–Crippen MR) is 72.1 cm³/mol. The highest BCUT2D eigenvalue weighted by Crippen LogP contribution is 2.16.